The van der Waals surface area contributed by atoms with E-state index in [1.165, 1.54) is 24.3 Å². The third kappa shape index (κ3) is 7.42. The smallest absolute Gasteiger partial charge is 0.376 e. The number of hydrogen-bond acceptors (Lipinski definition) is 7. The number of ketones is 1. The number of hydrogen-bond donors (Lipinski definition) is 0. The Bertz CT molecular complexity index is 664. The SMILES string of the molecule is CC(C)(C)OC(=O)CC(Br)C(=O)C(=O)OCc1ccc([N+](=O)[O-])cc1. The fourth-order valence-corrected chi connectivity index (χ4v) is 2.14. The number of nitro groups is 1. The zero-order valence-electron chi connectivity index (χ0n) is 14.0. The molecular weight excluding hydrogens is 398 g/mol. The minimum absolute atomic E-state index is 0.0935. The van der Waals surface area contributed by atoms with Gasteiger partial charge in [0.1, 0.15) is 12.2 Å². The van der Waals surface area contributed by atoms with Crippen LogP contribution in [0.5, 0.6) is 0 Å². The van der Waals surface area contributed by atoms with Gasteiger partial charge in [0.25, 0.3) is 11.5 Å². The van der Waals surface area contributed by atoms with Crippen molar-refractivity contribution in [1.82, 2.24) is 0 Å². The molecule has 0 N–H and O–H groups in total. The average Bonchev–Trinajstić information content (AvgIpc) is 2.50. The van der Waals surface area contributed by atoms with E-state index in [2.05, 4.69) is 15.9 Å². The molecule has 0 heterocycles. The van der Waals surface area contributed by atoms with Gasteiger partial charge in [-0.3, -0.25) is 19.7 Å². The number of ether oxygens (including phenoxy) is 2. The number of Topliss-reactive ketones (excluding diaryl/α,β-unsaturated/α-hetero) is 1. The maximum atomic E-state index is 11.9. The normalized spacial score (nSPS) is 12.2. The lowest BCUT2D eigenvalue weighted by atomic mass is 10.2. The third-order valence-electron chi connectivity index (χ3n) is 2.77. The topological polar surface area (TPSA) is 113 Å². The second kappa shape index (κ2) is 8.70. The fraction of sp³-hybridized carbons (Fsp3) is 0.438. The highest BCUT2D eigenvalue weighted by molar-refractivity contribution is 9.10. The Labute approximate surface area is 152 Å². The fourth-order valence-electron chi connectivity index (χ4n) is 1.68. The van der Waals surface area contributed by atoms with Gasteiger partial charge in [0, 0.05) is 12.1 Å². The summed E-state index contributed by atoms with van der Waals surface area (Å²) in [4.78, 5) is 44.2. The van der Waals surface area contributed by atoms with Gasteiger partial charge in [0.15, 0.2) is 0 Å². The highest BCUT2D eigenvalue weighted by Gasteiger charge is 2.28. The van der Waals surface area contributed by atoms with Crippen molar-refractivity contribution >= 4 is 39.3 Å². The lowest BCUT2D eigenvalue weighted by Crippen LogP contribution is -2.31. The molecule has 136 valence electrons. The minimum atomic E-state index is -1.11. The largest absolute Gasteiger partial charge is 0.460 e. The van der Waals surface area contributed by atoms with Gasteiger partial charge >= 0.3 is 11.9 Å². The first kappa shape index (κ1) is 20.8. The Morgan fingerprint density at radius 1 is 1.20 bits per heavy atom. The van der Waals surface area contributed by atoms with Crippen molar-refractivity contribution in [2.75, 3.05) is 0 Å². The van der Waals surface area contributed by atoms with Crippen LogP contribution in [0.1, 0.15) is 32.8 Å². The minimum Gasteiger partial charge on any atom is -0.460 e. The number of benzene rings is 1. The van der Waals surface area contributed by atoms with Crippen LogP contribution < -0.4 is 0 Å². The predicted molar refractivity (Wildman–Crippen MR) is 91.1 cm³/mol. The van der Waals surface area contributed by atoms with Gasteiger partial charge in [0.05, 0.1) is 16.2 Å². The van der Waals surface area contributed by atoms with Crippen molar-refractivity contribution in [3.63, 3.8) is 0 Å². The van der Waals surface area contributed by atoms with Crippen LogP contribution in [-0.4, -0.2) is 33.1 Å². The Balaban J connectivity index is 2.51. The van der Waals surface area contributed by atoms with Crippen LogP contribution in [0.25, 0.3) is 0 Å². The van der Waals surface area contributed by atoms with Crippen molar-refractivity contribution < 1.29 is 28.8 Å². The molecule has 0 aliphatic rings. The zero-order chi connectivity index (χ0) is 19.2. The van der Waals surface area contributed by atoms with Crippen LogP contribution in [0.3, 0.4) is 0 Å². The van der Waals surface area contributed by atoms with E-state index in [0.717, 1.165) is 0 Å². The number of halogens is 1. The van der Waals surface area contributed by atoms with Crippen LogP contribution in [0.4, 0.5) is 5.69 Å². The molecule has 8 nitrogen and oxygen atoms in total. The highest BCUT2D eigenvalue weighted by atomic mass is 79.9. The van der Waals surface area contributed by atoms with E-state index in [1.807, 2.05) is 0 Å². The monoisotopic (exact) mass is 415 g/mol. The van der Waals surface area contributed by atoms with Crippen LogP contribution in [0, 0.1) is 10.1 Å². The van der Waals surface area contributed by atoms with E-state index in [9.17, 15) is 24.5 Å². The van der Waals surface area contributed by atoms with Gasteiger partial charge in [-0.15, -0.1) is 0 Å². The summed E-state index contributed by atoms with van der Waals surface area (Å²) in [6.45, 7) is 4.85. The third-order valence-corrected chi connectivity index (χ3v) is 3.51. The number of carbonyl (C=O) groups excluding carboxylic acids is 3. The molecule has 0 aliphatic carbocycles. The molecule has 0 aliphatic heterocycles. The summed E-state index contributed by atoms with van der Waals surface area (Å²) in [5, 5.41) is 10.5. The molecule has 25 heavy (non-hydrogen) atoms. The van der Waals surface area contributed by atoms with Gasteiger partial charge in [0.2, 0.25) is 0 Å². The molecule has 0 amide bonds. The summed E-state index contributed by atoms with van der Waals surface area (Å²) >= 11 is 2.98. The Kier molecular flexibility index (Phi) is 7.22. The number of nitrogens with zero attached hydrogens (tertiary/aromatic N) is 1. The molecule has 0 saturated heterocycles. The number of alkyl halides is 1. The second-order valence-electron chi connectivity index (χ2n) is 6.12. The molecule has 1 rings (SSSR count). The van der Waals surface area contributed by atoms with Crippen molar-refractivity contribution in [3.8, 4) is 0 Å². The van der Waals surface area contributed by atoms with Crippen LogP contribution in [-0.2, 0) is 30.5 Å². The van der Waals surface area contributed by atoms with E-state index >= 15 is 0 Å². The summed E-state index contributed by atoms with van der Waals surface area (Å²) in [7, 11) is 0. The molecule has 0 spiro atoms. The summed E-state index contributed by atoms with van der Waals surface area (Å²) in [6.07, 6.45) is -0.303. The Morgan fingerprint density at radius 3 is 2.24 bits per heavy atom. The first-order chi connectivity index (χ1) is 11.5. The molecule has 1 aromatic carbocycles. The van der Waals surface area contributed by atoms with E-state index in [-0.39, 0.29) is 18.7 Å². The lowest BCUT2D eigenvalue weighted by Gasteiger charge is -2.20. The van der Waals surface area contributed by atoms with Crippen molar-refractivity contribution in [1.29, 1.82) is 0 Å². The number of esters is 2. The molecule has 0 bridgehead atoms. The predicted octanol–water partition coefficient (Wildman–Crippen LogP) is 2.70. The summed E-state index contributed by atoms with van der Waals surface area (Å²) in [5.74, 6) is -2.64. The van der Waals surface area contributed by atoms with Crippen molar-refractivity contribution in [3.05, 3.63) is 39.9 Å². The standard InChI is InChI=1S/C16H18BrNO7/c1-16(2,3)25-13(19)8-12(17)14(20)15(21)24-9-10-4-6-11(7-5-10)18(22)23/h4-7,12H,8-9H2,1-3H3. The van der Waals surface area contributed by atoms with E-state index in [1.54, 1.807) is 20.8 Å². The van der Waals surface area contributed by atoms with Crippen molar-refractivity contribution in [2.24, 2.45) is 0 Å². The first-order valence-corrected chi connectivity index (χ1v) is 8.21. The second-order valence-corrected chi connectivity index (χ2v) is 7.23. The lowest BCUT2D eigenvalue weighted by molar-refractivity contribution is -0.384. The number of rotatable bonds is 7. The van der Waals surface area contributed by atoms with Gasteiger partial charge in [-0.05, 0) is 38.5 Å². The molecule has 0 aromatic heterocycles. The number of nitro benzene ring substituents is 1. The van der Waals surface area contributed by atoms with E-state index < -0.39 is 33.1 Å². The first-order valence-electron chi connectivity index (χ1n) is 7.30. The average molecular weight is 416 g/mol. The van der Waals surface area contributed by atoms with Gasteiger partial charge in [-0.2, -0.15) is 0 Å². The summed E-state index contributed by atoms with van der Waals surface area (Å²) < 4.78 is 9.92. The Morgan fingerprint density at radius 2 is 1.76 bits per heavy atom. The molecule has 0 saturated carbocycles. The Hall–Kier alpha value is -2.29. The summed E-state index contributed by atoms with van der Waals surface area (Å²) in [6, 6.07) is 5.37. The van der Waals surface area contributed by atoms with Crippen LogP contribution >= 0.6 is 15.9 Å². The molecule has 0 fully saturated rings. The van der Waals surface area contributed by atoms with Gasteiger partial charge < -0.3 is 9.47 Å². The van der Waals surface area contributed by atoms with Gasteiger partial charge in [-0.25, -0.2) is 4.79 Å². The summed E-state index contributed by atoms with van der Waals surface area (Å²) in [5.41, 5.74) is -0.294. The molecule has 9 heteroatoms. The molecule has 1 unspecified atom stereocenters. The van der Waals surface area contributed by atoms with Crippen molar-refractivity contribution in [2.45, 2.75) is 44.2 Å². The van der Waals surface area contributed by atoms with Crippen LogP contribution in [0.2, 0.25) is 0 Å². The zero-order valence-corrected chi connectivity index (χ0v) is 15.6. The molecular formula is C16H18BrNO7. The highest BCUT2D eigenvalue weighted by Crippen LogP contribution is 2.15. The maximum Gasteiger partial charge on any atom is 0.376 e. The number of carbonyl (C=O) groups is 3. The number of non-ortho nitro benzene ring substituents is 1. The van der Waals surface area contributed by atoms with Gasteiger partial charge in [-0.1, -0.05) is 15.9 Å². The van der Waals surface area contributed by atoms with E-state index in [0.29, 0.717) is 5.56 Å². The van der Waals surface area contributed by atoms with Crippen LogP contribution in [0.15, 0.2) is 24.3 Å². The quantitative estimate of drug-likeness (QED) is 0.221. The maximum absolute atomic E-state index is 11.9. The molecule has 0 radical (unpaired) electrons. The molecule has 1 aromatic rings. The molecule has 1 atom stereocenters. The van der Waals surface area contributed by atoms with E-state index in [4.69, 9.17) is 9.47 Å².